The normalized spacial score (nSPS) is 22.6. The average molecular weight is 444 g/mol. The zero-order valence-electron chi connectivity index (χ0n) is 18.3. The Balaban J connectivity index is 1.71. The second kappa shape index (κ2) is 8.55. The third kappa shape index (κ3) is 4.57. The minimum atomic E-state index is -0.498. The second-order valence-electron chi connectivity index (χ2n) is 8.75. The van der Waals surface area contributed by atoms with Crippen molar-refractivity contribution >= 4 is 29.0 Å². The van der Waals surface area contributed by atoms with E-state index in [1.807, 2.05) is 38.7 Å². The van der Waals surface area contributed by atoms with Gasteiger partial charge in [-0.15, -0.1) is 11.3 Å². The predicted octanol–water partition coefficient (Wildman–Crippen LogP) is 2.82. The predicted molar refractivity (Wildman–Crippen MR) is 120 cm³/mol. The molecule has 8 nitrogen and oxygen atoms in total. The van der Waals surface area contributed by atoms with Gasteiger partial charge in [0.15, 0.2) is 5.01 Å². The molecule has 31 heavy (non-hydrogen) atoms. The van der Waals surface area contributed by atoms with Crippen molar-refractivity contribution < 1.29 is 14.7 Å². The van der Waals surface area contributed by atoms with E-state index in [9.17, 15) is 14.7 Å². The Bertz CT molecular complexity index is 1010. The Hall–Kier alpha value is -2.52. The summed E-state index contributed by atoms with van der Waals surface area (Å²) in [6, 6.07) is 2.12. The van der Waals surface area contributed by atoms with Crippen molar-refractivity contribution in [1.29, 1.82) is 0 Å². The molecule has 0 radical (unpaired) electrons. The molecule has 1 aliphatic carbocycles. The number of aryl methyl sites for hydroxylation is 1. The third-order valence-corrected chi connectivity index (χ3v) is 6.79. The molecule has 0 aromatic carbocycles. The number of nitrogens with one attached hydrogen (secondary N) is 2. The molecular formula is C22H29N5O3S. The molecular weight excluding hydrogens is 414 g/mol. The van der Waals surface area contributed by atoms with E-state index in [1.165, 1.54) is 11.3 Å². The number of nitrogens with zero attached hydrogens (tertiary/aromatic N) is 3. The van der Waals surface area contributed by atoms with Crippen LogP contribution < -0.4 is 10.6 Å². The van der Waals surface area contributed by atoms with E-state index in [4.69, 9.17) is 0 Å². The van der Waals surface area contributed by atoms with Crippen LogP contribution >= 0.6 is 11.3 Å². The molecule has 0 unspecified atom stereocenters. The first-order valence-corrected chi connectivity index (χ1v) is 11.6. The molecule has 2 aromatic rings. The van der Waals surface area contributed by atoms with Crippen molar-refractivity contribution in [2.75, 3.05) is 11.9 Å². The van der Waals surface area contributed by atoms with Gasteiger partial charge in [-0.1, -0.05) is 0 Å². The first-order chi connectivity index (χ1) is 14.7. The number of hydrogen-bond acceptors (Lipinski definition) is 7. The Kier molecular flexibility index (Phi) is 5.98. The van der Waals surface area contributed by atoms with Crippen LogP contribution in [0.4, 0.5) is 5.82 Å². The van der Waals surface area contributed by atoms with E-state index in [1.54, 1.807) is 6.20 Å². The Morgan fingerprint density at radius 2 is 2.10 bits per heavy atom. The molecule has 3 N–H and O–H groups in total. The maximum absolute atomic E-state index is 13.4. The van der Waals surface area contributed by atoms with Gasteiger partial charge in [0.1, 0.15) is 11.5 Å². The summed E-state index contributed by atoms with van der Waals surface area (Å²) < 4.78 is 0. The van der Waals surface area contributed by atoms with Crippen LogP contribution in [0, 0.1) is 6.92 Å². The van der Waals surface area contributed by atoms with Crippen LogP contribution in [0.15, 0.2) is 12.3 Å². The van der Waals surface area contributed by atoms with Crippen molar-refractivity contribution in [3.63, 3.8) is 0 Å². The van der Waals surface area contributed by atoms with E-state index in [-0.39, 0.29) is 34.9 Å². The van der Waals surface area contributed by atoms with Gasteiger partial charge < -0.3 is 20.6 Å². The molecule has 4 rings (SSSR count). The first kappa shape index (κ1) is 21.7. The molecule has 1 aliphatic heterocycles. The van der Waals surface area contributed by atoms with Crippen LogP contribution in [-0.4, -0.2) is 62.6 Å². The number of rotatable bonds is 6. The number of aliphatic hydroxyl groups excluding tert-OH is 1. The van der Waals surface area contributed by atoms with Crippen LogP contribution in [0.25, 0.3) is 10.4 Å². The maximum atomic E-state index is 13.4. The SMILES string of the molecule is Cc1cc(NC(C)C)ncc1-c1sc(C(=O)N[C@@H]2C[C@H]2O)nc1C(=O)N1CCC[C@@H]1C. The average Bonchev–Trinajstić information content (AvgIpc) is 3.08. The van der Waals surface area contributed by atoms with Gasteiger partial charge >= 0.3 is 0 Å². The number of carbonyl (C=O) groups is 2. The molecule has 2 aromatic heterocycles. The highest BCUT2D eigenvalue weighted by atomic mass is 32.1. The largest absolute Gasteiger partial charge is 0.391 e. The molecule has 9 heteroatoms. The molecule has 3 heterocycles. The van der Waals surface area contributed by atoms with Gasteiger partial charge in [0, 0.05) is 30.4 Å². The van der Waals surface area contributed by atoms with Crippen molar-refractivity contribution in [3.8, 4) is 10.4 Å². The second-order valence-corrected chi connectivity index (χ2v) is 9.75. The molecule has 1 saturated carbocycles. The minimum Gasteiger partial charge on any atom is -0.391 e. The van der Waals surface area contributed by atoms with Gasteiger partial charge in [-0.3, -0.25) is 9.59 Å². The fraction of sp³-hybridized carbons (Fsp3) is 0.545. The smallest absolute Gasteiger partial charge is 0.280 e. The number of thiazole rings is 1. The van der Waals surface area contributed by atoms with Crippen molar-refractivity contribution in [1.82, 2.24) is 20.2 Å². The number of pyridine rings is 1. The monoisotopic (exact) mass is 443 g/mol. The quantitative estimate of drug-likeness (QED) is 0.634. The number of aromatic nitrogens is 2. The van der Waals surface area contributed by atoms with Crippen molar-refractivity contribution in [2.24, 2.45) is 0 Å². The molecule has 166 valence electrons. The van der Waals surface area contributed by atoms with E-state index < -0.39 is 6.10 Å². The Morgan fingerprint density at radius 3 is 2.68 bits per heavy atom. The number of carbonyl (C=O) groups excluding carboxylic acids is 2. The lowest BCUT2D eigenvalue weighted by molar-refractivity contribution is 0.0743. The maximum Gasteiger partial charge on any atom is 0.280 e. The lowest BCUT2D eigenvalue weighted by atomic mass is 10.1. The Labute approximate surface area is 186 Å². The zero-order valence-corrected chi connectivity index (χ0v) is 19.1. The number of hydrogen-bond donors (Lipinski definition) is 3. The topological polar surface area (TPSA) is 107 Å². The lowest BCUT2D eigenvalue weighted by Gasteiger charge is -2.21. The van der Waals surface area contributed by atoms with Crippen molar-refractivity contribution in [3.05, 3.63) is 28.5 Å². The molecule has 2 amide bonds. The summed E-state index contributed by atoms with van der Waals surface area (Å²) >= 11 is 1.20. The van der Waals surface area contributed by atoms with Crippen LogP contribution in [-0.2, 0) is 0 Å². The highest BCUT2D eigenvalue weighted by Gasteiger charge is 2.38. The number of amides is 2. The van der Waals surface area contributed by atoms with Crippen LogP contribution in [0.1, 0.15) is 65.9 Å². The van der Waals surface area contributed by atoms with Gasteiger partial charge in [0.05, 0.1) is 17.0 Å². The summed E-state index contributed by atoms with van der Waals surface area (Å²) in [5.41, 5.74) is 2.05. The summed E-state index contributed by atoms with van der Waals surface area (Å²) in [5.74, 6) is 0.262. The van der Waals surface area contributed by atoms with Crippen LogP contribution in [0.2, 0.25) is 0 Å². The molecule has 2 aliphatic rings. The number of aliphatic hydroxyl groups is 1. The van der Waals surface area contributed by atoms with Gasteiger partial charge in [0.2, 0.25) is 0 Å². The fourth-order valence-electron chi connectivity index (χ4n) is 3.85. The fourth-order valence-corrected chi connectivity index (χ4v) is 4.89. The summed E-state index contributed by atoms with van der Waals surface area (Å²) in [4.78, 5) is 37.5. The standard InChI is InChI=1S/C22H29N5O3S/c1-11(2)24-17-8-12(3)14(10-23-17)19-18(22(30)27-7-5-6-13(27)4)26-21(31-19)20(29)25-15-9-16(15)28/h8,10-11,13,15-16,28H,5-7,9H2,1-4H3,(H,23,24)(H,25,29)/t13-,15+,16+/m0/s1. The number of anilines is 1. The molecule has 1 saturated heterocycles. The molecule has 3 atom stereocenters. The van der Waals surface area contributed by atoms with Crippen molar-refractivity contribution in [2.45, 2.75) is 71.2 Å². The highest BCUT2D eigenvalue weighted by Crippen LogP contribution is 2.35. The zero-order chi connectivity index (χ0) is 22.3. The first-order valence-electron chi connectivity index (χ1n) is 10.8. The highest BCUT2D eigenvalue weighted by molar-refractivity contribution is 7.17. The van der Waals surface area contributed by atoms with Gasteiger partial charge in [-0.25, -0.2) is 9.97 Å². The summed E-state index contributed by atoms with van der Waals surface area (Å²) in [5, 5.41) is 15.8. The third-order valence-electron chi connectivity index (χ3n) is 5.70. The Morgan fingerprint density at radius 1 is 1.35 bits per heavy atom. The van der Waals surface area contributed by atoms with Gasteiger partial charge in [-0.2, -0.15) is 0 Å². The minimum absolute atomic E-state index is 0.148. The van der Waals surface area contributed by atoms with Crippen LogP contribution in [0.3, 0.4) is 0 Å². The van der Waals surface area contributed by atoms with Crippen LogP contribution in [0.5, 0.6) is 0 Å². The summed E-state index contributed by atoms with van der Waals surface area (Å²) in [7, 11) is 0. The van der Waals surface area contributed by atoms with E-state index >= 15 is 0 Å². The molecule has 0 spiro atoms. The summed E-state index contributed by atoms with van der Waals surface area (Å²) in [6.07, 6.45) is 3.73. The van der Waals surface area contributed by atoms with Gasteiger partial charge in [-0.05, 0) is 58.6 Å². The van der Waals surface area contributed by atoms with E-state index in [0.29, 0.717) is 23.5 Å². The summed E-state index contributed by atoms with van der Waals surface area (Å²) in [6.45, 7) is 8.79. The molecule has 0 bridgehead atoms. The number of likely N-dealkylation sites (tertiary alicyclic amines) is 1. The lowest BCUT2D eigenvalue weighted by Crippen LogP contribution is -2.34. The van der Waals surface area contributed by atoms with Gasteiger partial charge in [0.25, 0.3) is 11.8 Å². The van der Waals surface area contributed by atoms with E-state index in [2.05, 4.69) is 20.6 Å². The van der Waals surface area contributed by atoms with E-state index in [0.717, 1.165) is 29.8 Å². The molecule has 2 fully saturated rings.